The van der Waals surface area contributed by atoms with E-state index in [9.17, 15) is 5.11 Å². The second-order valence-corrected chi connectivity index (χ2v) is 14.7. The van der Waals surface area contributed by atoms with Crippen molar-refractivity contribution in [3.63, 3.8) is 0 Å². The highest BCUT2D eigenvalue weighted by atomic mass is 16.3. The van der Waals surface area contributed by atoms with Gasteiger partial charge in [-0.1, -0.05) is 67.0 Å². The minimum absolute atomic E-state index is 0.0615. The van der Waals surface area contributed by atoms with E-state index in [2.05, 4.69) is 61.5 Å². The van der Waals surface area contributed by atoms with Crippen molar-refractivity contribution in [2.75, 3.05) is 0 Å². The molecule has 4 saturated carbocycles. The number of hydrogen-bond donors (Lipinski definition) is 1. The molecule has 1 heteroatoms. The van der Waals surface area contributed by atoms with Crippen LogP contribution in [0.4, 0.5) is 0 Å². The van der Waals surface area contributed by atoms with Gasteiger partial charge in [0.05, 0.1) is 6.10 Å². The van der Waals surface area contributed by atoms with Gasteiger partial charge in [0.1, 0.15) is 0 Å². The van der Waals surface area contributed by atoms with Gasteiger partial charge < -0.3 is 5.11 Å². The Labute approximate surface area is 192 Å². The van der Waals surface area contributed by atoms with E-state index in [0.717, 1.165) is 24.2 Å². The van der Waals surface area contributed by atoms with Gasteiger partial charge in [0.25, 0.3) is 0 Å². The molecular formula is C30H50O. The molecular weight excluding hydrogens is 376 g/mol. The minimum Gasteiger partial charge on any atom is -0.393 e. The van der Waals surface area contributed by atoms with Crippen LogP contribution in [0.25, 0.3) is 0 Å². The van der Waals surface area contributed by atoms with Gasteiger partial charge in [0.15, 0.2) is 0 Å². The van der Waals surface area contributed by atoms with Crippen molar-refractivity contribution in [3.8, 4) is 0 Å². The lowest BCUT2D eigenvalue weighted by Gasteiger charge is -2.71. The zero-order chi connectivity index (χ0) is 22.6. The monoisotopic (exact) mass is 426 g/mol. The van der Waals surface area contributed by atoms with Gasteiger partial charge >= 0.3 is 0 Å². The van der Waals surface area contributed by atoms with Crippen molar-refractivity contribution in [1.82, 2.24) is 0 Å². The van der Waals surface area contributed by atoms with E-state index in [0.29, 0.717) is 33.5 Å². The third kappa shape index (κ3) is 2.65. The fourth-order valence-electron chi connectivity index (χ4n) is 10.8. The van der Waals surface area contributed by atoms with Crippen molar-refractivity contribution < 1.29 is 5.11 Å². The van der Waals surface area contributed by atoms with E-state index in [1.165, 1.54) is 51.4 Å². The van der Waals surface area contributed by atoms with Crippen LogP contribution in [0.1, 0.15) is 113 Å². The second-order valence-electron chi connectivity index (χ2n) is 14.7. The molecule has 0 saturated heterocycles. The molecule has 1 unspecified atom stereocenters. The molecule has 0 heterocycles. The first-order valence-electron chi connectivity index (χ1n) is 13.7. The molecule has 5 rings (SSSR count). The smallest absolute Gasteiger partial charge is 0.0599 e. The molecule has 4 fully saturated rings. The molecule has 176 valence electrons. The standard InChI is InChI=1S/C30H50O/c1-19-11-15-27(5)17-18-28(6)21(25(27)20(19)2)9-10-23-29(28,7)16-12-22-26(3,4)14-13-24(31)30(22,23)8/h9,19-20,22-25,31H,10-18H2,1-8H3/t19-,20+,22+,23+,24?,25+,27-,28-,29-,30+/m1/s1. The van der Waals surface area contributed by atoms with Gasteiger partial charge in [0.2, 0.25) is 0 Å². The summed E-state index contributed by atoms with van der Waals surface area (Å²) in [6, 6.07) is 0. The van der Waals surface area contributed by atoms with Crippen LogP contribution in [0, 0.1) is 56.7 Å². The van der Waals surface area contributed by atoms with Gasteiger partial charge in [-0.3, -0.25) is 0 Å². The summed E-state index contributed by atoms with van der Waals surface area (Å²) in [5, 5.41) is 11.5. The third-order valence-electron chi connectivity index (χ3n) is 13.3. The fourth-order valence-corrected chi connectivity index (χ4v) is 10.8. The maximum atomic E-state index is 11.5. The van der Waals surface area contributed by atoms with Gasteiger partial charge in [-0.2, -0.15) is 0 Å². The van der Waals surface area contributed by atoms with Crippen molar-refractivity contribution in [3.05, 3.63) is 11.6 Å². The zero-order valence-corrected chi connectivity index (χ0v) is 21.9. The molecule has 31 heavy (non-hydrogen) atoms. The van der Waals surface area contributed by atoms with Crippen molar-refractivity contribution in [2.45, 2.75) is 119 Å². The highest BCUT2D eigenvalue weighted by Crippen LogP contribution is 2.75. The van der Waals surface area contributed by atoms with Crippen LogP contribution in [0.15, 0.2) is 11.6 Å². The van der Waals surface area contributed by atoms with Gasteiger partial charge in [-0.25, -0.2) is 0 Å². The largest absolute Gasteiger partial charge is 0.393 e. The van der Waals surface area contributed by atoms with Crippen LogP contribution in [0.5, 0.6) is 0 Å². The number of rotatable bonds is 0. The molecule has 0 aliphatic heterocycles. The highest BCUT2D eigenvalue weighted by molar-refractivity contribution is 5.34. The van der Waals surface area contributed by atoms with Crippen LogP contribution in [-0.4, -0.2) is 11.2 Å². The van der Waals surface area contributed by atoms with Crippen LogP contribution in [0.3, 0.4) is 0 Å². The zero-order valence-electron chi connectivity index (χ0n) is 21.9. The number of aliphatic hydroxyl groups is 1. The first kappa shape index (κ1) is 22.5. The average Bonchev–Trinajstić information content (AvgIpc) is 2.69. The van der Waals surface area contributed by atoms with Crippen LogP contribution in [-0.2, 0) is 0 Å². The summed E-state index contributed by atoms with van der Waals surface area (Å²) in [5.41, 5.74) is 3.41. The number of allylic oxidation sites excluding steroid dienone is 2. The third-order valence-corrected chi connectivity index (χ3v) is 13.3. The number of fused-ring (bicyclic) bond motifs is 7. The van der Waals surface area contributed by atoms with Gasteiger partial charge in [-0.15, -0.1) is 0 Å². The first-order chi connectivity index (χ1) is 14.3. The summed E-state index contributed by atoms with van der Waals surface area (Å²) in [7, 11) is 0. The Kier molecular flexibility index (Phi) is 4.82. The van der Waals surface area contributed by atoms with Crippen LogP contribution >= 0.6 is 0 Å². The summed E-state index contributed by atoms with van der Waals surface area (Å²) in [4.78, 5) is 0. The maximum absolute atomic E-state index is 11.5. The molecule has 0 aromatic heterocycles. The van der Waals surface area contributed by atoms with Crippen LogP contribution in [0.2, 0.25) is 0 Å². The van der Waals surface area contributed by atoms with E-state index in [-0.39, 0.29) is 11.5 Å². The minimum atomic E-state index is -0.129. The lowest BCUT2D eigenvalue weighted by molar-refractivity contribution is -0.220. The van der Waals surface area contributed by atoms with E-state index < -0.39 is 0 Å². The summed E-state index contributed by atoms with van der Waals surface area (Å²) < 4.78 is 0. The van der Waals surface area contributed by atoms with E-state index in [4.69, 9.17) is 0 Å². The molecule has 1 nitrogen and oxygen atoms in total. The summed E-state index contributed by atoms with van der Waals surface area (Å²) in [6.45, 7) is 20.5. The summed E-state index contributed by atoms with van der Waals surface area (Å²) >= 11 is 0. The molecule has 10 atom stereocenters. The first-order valence-corrected chi connectivity index (χ1v) is 13.7. The van der Waals surface area contributed by atoms with Crippen LogP contribution < -0.4 is 0 Å². The molecule has 0 radical (unpaired) electrons. The highest BCUT2D eigenvalue weighted by Gasteiger charge is 2.68. The Hall–Kier alpha value is -0.300. The normalized spacial score (nSPS) is 58.3. The molecule has 0 bridgehead atoms. The average molecular weight is 427 g/mol. The van der Waals surface area contributed by atoms with E-state index in [1.54, 1.807) is 0 Å². The molecule has 1 N–H and O–H groups in total. The Balaban J connectivity index is 1.62. The predicted molar refractivity (Wildman–Crippen MR) is 131 cm³/mol. The SMILES string of the molecule is C[C@H]1[C@H](C)CC[C@]2(C)CC[C@]3(C)C(=CC[C@@H]4[C@@]5(C)C(O)CCC(C)(C)[C@@H]5CC[C@]43C)[C@H]12. The van der Waals surface area contributed by atoms with Crippen molar-refractivity contribution >= 4 is 0 Å². The van der Waals surface area contributed by atoms with E-state index in [1.807, 2.05) is 5.57 Å². The Bertz CT molecular complexity index is 779. The number of hydrogen-bond acceptors (Lipinski definition) is 1. The molecule has 5 aliphatic rings. The second kappa shape index (κ2) is 6.64. The topological polar surface area (TPSA) is 20.2 Å². The molecule has 0 aromatic carbocycles. The Morgan fingerprint density at radius 2 is 1.52 bits per heavy atom. The molecule has 0 aromatic rings. The lowest BCUT2D eigenvalue weighted by Crippen LogP contribution is -2.66. The molecule has 0 spiro atoms. The Morgan fingerprint density at radius 1 is 0.806 bits per heavy atom. The lowest BCUT2D eigenvalue weighted by atomic mass is 9.33. The van der Waals surface area contributed by atoms with Gasteiger partial charge in [0, 0.05) is 5.41 Å². The molecule has 0 amide bonds. The predicted octanol–water partition coefficient (Wildman–Crippen LogP) is 8.02. The summed E-state index contributed by atoms with van der Waals surface area (Å²) in [6.07, 6.45) is 14.3. The Morgan fingerprint density at radius 3 is 2.23 bits per heavy atom. The van der Waals surface area contributed by atoms with Crippen molar-refractivity contribution in [1.29, 1.82) is 0 Å². The maximum Gasteiger partial charge on any atom is 0.0599 e. The number of aliphatic hydroxyl groups excluding tert-OH is 1. The molecule has 5 aliphatic carbocycles. The van der Waals surface area contributed by atoms with E-state index >= 15 is 0 Å². The quantitative estimate of drug-likeness (QED) is 0.389. The summed E-state index contributed by atoms with van der Waals surface area (Å²) in [5.74, 6) is 3.69. The van der Waals surface area contributed by atoms with Crippen molar-refractivity contribution in [2.24, 2.45) is 56.7 Å². The van der Waals surface area contributed by atoms with Gasteiger partial charge in [-0.05, 0) is 109 Å². The fraction of sp³-hybridized carbons (Fsp3) is 0.933.